The van der Waals surface area contributed by atoms with Gasteiger partial charge < -0.3 is 15.4 Å². The normalized spacial score (nSPS) is 15.2. The topological polar surface area (TPSA) is 67.4 Å². The van der Waals surface area contributed by atoms with E-state index in [9.17, 15) is 14.0 Å². The summed E-state index contributed by atoms with van der Waals surface area (Å²) in [6, 6.07) is 10.9. The van der Waals surface area contributed by atoms with Gasteiger partial charge in [0, 0.05) is 5.69 Å². The second kappa shape index (κ2) is 7.78. The van der Waals surface area contributed by atoms with Crippen LogP contribution in [0.2, 0.25) is 0 Å². The van der Waals surface area contributed by atoms with Crippen LogP contribution in [0, 0.1) is 12.7 Å². The third-order valence-corrected chi connectivity index (χ3v) is 5.11. The SMILES string of the molecule is COC(=O)c1ccc(C)c(NC(=O)NC2(c3ccc(F)cc3)CCCC2)c1. The number of nitrogens with one attached hydrogen (secondary N) is 2. The molecule has 0 heterocycles. The van der Waals surface area contributed by atoms with Gasteiger partial charge in [0.05, 0.1) is 18.2 Å². The molecule has 0 unspecified atom stereocenters. The van der Waals surface area contributed by atoms with E-state index in [-0.39, 0.29) is 11.8 Å². The molecular weight excluding hydrogens is 347 g/mol. The van der Waals surface area contributed by atoms with Crippen molar-refractivity contribution in [3.05, 3.63) is 65.0 Å². The van der Waals surface area contributed by atoms with E-state index in [1.54, 1.807) is 30.3 Å². The van der Waals surface area contributed by atoms with Gasteiger partial charge in [-0.05, 0) is 55.2 Å². The lowest BCUT2D eigenvalue weighted by Gasteiger charge is -2.31. The van der Waals surface area contributed by atoms with E-state index in [4.69, 9.17) is 4.74 Å². The molecule has 0 aromatic heterocycles. The molecule has 0 saturated heterocycles. The summed E-state index contributed by atoms with van der Waals surface area (Å²) in [7, 11) is 1.31. The van der Waals surface area contributed by atoms with E-state index in [0.717, 1.165) is 36.8 Å². The average molecular weight is 370 g/mol. The summed E-state index contributed by atoms with van der Waals surface area (Å²) in [6.45, 7) is 1.85. The number of hydrogen-bond acceptors (Lipinski definition) is 3. The predicted octanol–water partition coefficient (Wildman–Crippen LogP) is 4.51. The van der Waals surface area contributed by atoms with Gasteiger partial charge in [-0.25, -0.2) is 14.0 Å². The minimum Gasteiger partial charge on any atom is -0.465 e. The average Bonchev–Trinajstić information content (AvgIpc) is 3.12. The number of urea groups is 1. The highest BCUT2D eigenvalue weighted by atomic mass is 19.1. The molecule has 1 saturated carbocycles. The second-order valence-corrected chi connectivity index (χ2v) is 6.90. The highest BCUT2D eigenvalue weighted by Crippen LogP contribution is 2.38. The van der Waals surface area contributed by atoms with E-state index >= 15 is 0 Å². The molecule has 27 heavy (non-hydrogen) atoms. The van der Waals surface area contributed by atoms with Crippen LogP contribution < -0.4 is 10.6 Å². The fourth-order valence-corrected chi connectivity index (χ4v) is 3.61. The van der Waals surface area contributed by atoms with Gasteiger partial charge in [0.15, 0.2) is 0 Å². The molecule has 142 valence electrons. The lowest BCUT2D eigenvalue weighted by Crippen LogP contribution is -2.45. The van der Waals surface area contributed by atoms with Crippen LogP contribution in [0.1, 0.15) is 47.2 Å². The van der Waals surface area contributed by atoms with Crippen LogP contribution in [0.4, 0.5) is 14.9 Å². The van der Waals surface area contributed by atoms with Crippen LogP contribution >= 0.6 is 0 Å². The van der Waals surface area contributed by atoms with Crippen LogP contribution in [-0.4, -0.2) is 19.1 Å². The van der Waals surface area contributed by atoms with Crippen LogP contribution in [0.5, 0.6) is 0 Å². The zero-order chi connectivity index (χ0) is 19.4. The molecule has 0 aliphatic heterocycles. The Kier molecular flexibility index (Phi) is 5.44. The fraction of sp³-hybridized carbons (Fsp3) is 0.333. The third-order valence-electron chi connectivity index (χ3n) is 5.11. The number of carbonyl (C=O) groups excluding carboxylic acids is 2. The number of halogens is 1. The third kappa shape index (κ3) is 4.10. The Morgan fingerprint density at radius 1 is 1.07 bits per heavy atom. The van der Waals surface area contributed by atoms with Gasteiger partial charge in [0.25, 0.3) is 0 Å². The molecule has 0 radical (unpaired) electrons. The largest absolute Gasteiger partial charge is 0.465 e. The maximum atomic E-state index is 13.3. The first-order valence-corrected chi connectivity index (χ1v) is 8.98. The van der Waals surface area contributed by atoms with E-state index < -0.39 is 11.5 Å². The molecule has 2 N–H and O–H groups in total. The Hall–Kier alpha value is -2.89. The summed E-state index contributed by atoms with van der Waals surface area (Å²) in [5.41, 5.74) is 2.14. The highest BCUT2D eigenvalue weighted by Gasteiger charge is 2.37. The van der Waals surface area contributed by atoms with Crippen molar-refractivity contribution in [2.75, 3.05) is 12.4 Å². The molecule has 3 rings (SSSR count). The Balaban J connectivity index is 1.79. The monoisotopic (exact) mass is 370 g/mol. The summed E-state index contributed by atoms with van der Waals surface area (Å²) in [5, 5.41) is 5.91. The lowest BCUT2D eigenvalue weighted by molar-refractivity contribution is 0.0600. The number of benzene rings is 2. The van der Waals surface area contributed by atoms with Gasteiger partial charge in [-0.2, -0.15) is 0 Å². The van der Waals surface area contributed by atoms with E-state index in [0.29, 0.717) is 11.3 Å². The van der Waals surface area contributed by atoms with Gasteiger partial charge in [0.1, 0.15) is 5.82 Å². The lowest BCUT2D eigenvalue weighted by atomic mass is 9.88. The Bertz CT molecular complexity index is 843. The van der Waals surface area contributed by atoms with Gasteiger partial charge >= 0.3 is 12.0 Å². The number of methoxy groups -OCH3 is 1. The number of amides is 2. The standard InChI is InChI=1S/C21H23FN2O3/c1-14-5-6-15(19(25)27-2)13-18(14)23-20(26)24-21(11-3-4-12-21)16-7-9-17(22)10-8-16/h5-10,13H,3-4,11-12H2,1-2H3,(H2,23,24,26). The molecule has 5 nitrogen and oxygen atoms in total. The quantitative estimate of drug-likeness (QED) is 0.778. The molecule has 1 aliphatic carbocycles. The number of rotatable bonds is 4. The van der Waals surface area contributed by atoms with Gasteiger partial charge in [-0.15, -0.1) is 0 Å². The van der Waals surface area contributed by atoms with E-state index in [1.807, 2.05) is 6.92 Å². The number of ether oxygens (including phenoxy) is 1. The van der Waals surface area contributed by atoms with Crippen molar-refractivity contribution < 1.29 is 18.7 Å². The van der Waals surface area contributed by atoms with E-state index in [1.165, 1.54) is 19.2 Å². The predicted molar refractivity (Wildman–Crippen MR) is 101 cm³/mol. The van der Waals surface area contributed by atoms with Crippen molar-refractivity contribution in [2.24, 2.45) is 0 Å². The Morgan fingerprint density at radius 2 is 1.74 bits per heavy atom. The summed E-state index contributed by atoms with van der Waals surface area (Å²) in [4.78, 5) is 24.4. The first-order chi connectivity index (χ1) is 12.9. The minimum atomic E-state index is -0.508. The minimum absolute atomic E-state index is 0.299. The van der Waals surface area contributed by atoms with Crippen LogP contribution in [0.15, 0.2) is 42.5 Å². The van der Waals surface area contributed by atoms with Crippen molar-refractivity contribution in [2.45, 2.75) is 38.1 Å². The van der Waals surface area contributed by atoms with Crippen LogP contribution in [0.3, 0.4) is 0 Å². The summed E-state index contributed by atoms with van der Waals surface area (Å²) >= 11 is 0. The number of esters is 1. The molecule has 1 aliphatic rings. The fourth-order valence-electron chi connectivity index (χ4n) is 3.61. The van der Waals surface area contributed by atoms with Crippen molar-refractivity contribution in [1.29, 1.82) is 0 Å². The first kappa shape index (κ1) is 18.9. The molecule has 1 fully saturated rings. The van der Waals surface area contributed by atoms with Crippen molar-refractivity contribution >= 4 is 17.7 Å². The van der Waals surface area contributed by atoms with Gasteiger partial charge in [-0.1, -0.05) is 31.0 Å². The number of carbonyl (C=O) groups is 2. The maximum Gasteiger partial charge on any atom is 0.337 e. The van der Waals surface area contributed by atoms with E-state index in [2.05, 4.69) is 10.6 Å². The molecule has 6 heteroatoms. The smallest absolute Gasteiger partial charge is 0.337 e. The Labute approximate surface area is 157 Å². The van der Waals surface area contributed by atoms with Crippen molar-refractivity contribution in [1.82, 2.24) is 5.32 Å². The zero-order valence-corrected chi connectivity index (χ0v) is 15.5. The first-order valence-electron chi connectivity index (χ1n) is 8.98. The number of anilines is 1. The zero-order valence-electron chi connectivity index (χ0n) is 15.5. The van der Waals surface area contributed by atoms with Crippen LogP contribution in [0.25, 0.3) is 0 Å². The summed E-state index contributed by atoms with van der Waals surface area (Å²) in [5.74, 6) is -0.761. The van der Waals surface area contributed by atoms with Gasteiger partial charge in [-0.3, -0.25) is 0 Å². The van der Waals surface area contributed by atoms with Crippen LogP contribution in [-0.2, 0) is 10.3 Å². The van der Waals surface area contributed by atoms with Gasteiger partial charge in [0.2, 0.25) is 0 Å². The number of hydrogen-bond donors (Lipinski definition) is 2. The maximum absolute atomic E-state index is 13.3. The molecule has 2 aromatic rings. The molecular formula is C21H23FN2O3. The summed E-state index contributed by atoms with van der Waals surface area (Å²) < 4.78 is 18.0. The number of aryl methyl sites for hydroxylation is 1. The molecule has 2 amide bonds. The second-order valence-electron chi connectivity index (χ2n) is 6.90. The molecule has 0 spiro atoms. The van der Waals surface area contributed by atoms with Crippen molar-refractivity contribution in [3.63, 3.8) is 0 Å². The molecule has 2 aromatic carbocycles. The molecule has 0 bridgehead atoms. The van der Waals surface area contributed by atoms with Crippen molar-refractivity contribution in [3.8, 4) is 0 Å². The highest BCUT2D eigenvalue weighted by molar-refractivity contribution is 5.95. The summed E-state index contributed by atoms with van der Waals surface area (Å²) in [6.07, 6.45) is 3.59. The molecule has 0 atom stereocenters. The Morgan fingerprint density at radius 3 is 2.37 bits per heavy atom.